The maximum atomic E-state index is 14.0. The molecule has 2 amide bonds. The van der Waals surface area contributed by atoms with E-state index >= 15 is 0 Å². The number of hydrogen-bond donors (Lipinski definition) is 3. The molecule has 0 saturated carbocycles. The molecule has 0 bridgehead atoms. The van der Waals surface area contributed by atoms with Crippen LogP contribution >= 0.6 is 0 Å². The number of carbonyl (C=O) groups is 1. The first-order valence-electron chi connectivity index (χ1n) is 12.6. The molecule has 1 fully saturated rings. The summed E-state index contributed by atoms with van der Waals surface area (Å²) in [7, 11) is -3.25. The number of alkyl halides is 3. The molecule has 1 saturated heterocycles. The number of halogens is 4. The van der Waals surface area contributed by atoms with Crippen LogP contribution in [0.25, 0.3) is 16.6 Å². The minimum absolute atomic E-state index is 0.248. The van der Waals surface area contributed by atoms with E-state index in [-0.39, 0.29) is 5.82 Å². The Hall–Kier alpha value is -4.28. The number of urea groups is 1. The van der Waals surface area contributed by atoms with Crippen LogP contribution in [-0.4, -0.2) is 70.7 Å². The van der Waals surface area contributed by atoms with Gasteiger partial charge in [0.2, 0.25) is 10.0 Å². The van der Waals surface area contributed by atoms with Crippen LogP contribution in [-0.2, 0) is 22.7 Å². The molecule has 0 unspecified atom stereocenters. The molecule has 1 aliphatic rings. The molecule has 2 aromatic carbocycles. The first-order valence-corrected chi connectivity index (χ1v) is 14.5. The van der Waals surface area contributed by atoms with Crippen molar-refractivity contribution >= 4 is 38.8 Å². The molecule has 5 rings (SSSR count). The Bertz CT molecular complexity index is 1740. The number of fused-ring (bicyclic) bond motifs is 1. The van der Waals surface area contributed by atoms with Gasteiger partial charge in [-0.2, -0.15) is 22.6 Å². The molecule has 16 heteroatoms. The van der Waals surface area contributed by atoms with Crippen LogP contribution in [0.2, 0.25) is 0 Å². The van der Waals surface area contributed by atoms with Crippen molar-refractivity contribution in [1.82, 2.24) is 23.8 Å². The molecular weight excluding hydrogens is 580 g/mol. The van der Waals surface area contributed by atoms with E-state index in [1.165, 1.54) is 16.9 Å². The number of carbonyl (C=O) groups excluding carboxylic acids is 1. The van der Waals surface area contributed by atoms with Crippen molar-refractivity contribution in [1.29, 1.82) is 0 Å². The monoisotopic (exact) mass is 606 g/mol. The highest BCUT2D eigenvalue weighted by atomic mass is 32.2. The van der Waals surface area contributed by atoms with E-state index in [0.717, 1.165) is 16.8 Å². The lowest BCUT2D eigenvalue weighted by Crippen LogP contribution is -2.47. The summed E-state index contributed by atoms with van der Waals surface area (Å²) in [6.07, 6.45) is -2.16. The maximum Gasteiger partial charge on any atom is 0.416 e. The highest BCUT2D eigenvalue weighted by molar-refractivity contribution is 7.88. The van der Waals surface area contributed by atoms with E-state index in [2.05, 4.69) is 25.6 Å². The fourth-order valence-corrected chi connectivity index (χ4v) is 5.56. The zero-order valence-corrected chi connectivity index (χ0v) is 23.0. The molecule has 222 valence electrons. The van der Waals surface area contributed by atoms with Crippen molar-refractivity contribution in [3.63, 3.8) is 0 Å². The average Bonchev–Trinajstić information content (AvgIpc) is 3.29. The second kappa shape index (κ2) is 11.2. The number of sulfonamides is 1. The van der Waals surface area contributed by atoms with Crippen LogP contribution in [0.3, 0.4) is 0 Å². The van der Waals surface area contributed by atoms with Crippen LogP contribution in [0.4, 0.5) is 39.5 Å². The predicted molar refractivity (Wildman–Crippen MR) is 149 cm³/mol. The van der Waals surface area contributed by atoms with Gasteiger partial charge in [0, 0.05) is 44.0 Å². The Morgan fingerprint density at radius 2 is 1.71 bits per heavy atom. The van der Waals surface area contributed by atoms with E-state index in [4.69, 9.17) is 5.73 Å². The SMILES string of the molecule is CS(=O)(=O)N1CCN(Cc2cc(-c3ccc(NC(=O)Nc4cc(C(F)(F)F)ccc4F)cc3)c3c(N)ncnn23)CC1. The summed E-state index contributed by atoms with van der Waals surface area (Å²) in [6, 6.07) is 9.29. The Balaban J connectivity index is 1.32. The van der Waals surface area contributed by atoms with Gasteiger partial charge in [0.1, 0.15) is 17.7 Å². The molecule has 4 N–H and O–H groups in total. The number of nitrogens with zero attached hydrogens (tertiary/aromatic N) is 5. The smallest absolute Gasteiger partial charge is 0.382 e. The lowest BCUT2D eigenvalue weighted by atomic mass is 10.1. The molecule has 0 radical (unpaired) electrons. The number of benzene rings is 2. The van der Waals surface area contributed by atoms with Crippen LogP contribution in [0, 0.1) is 5.82 Å². The summed E-state index contributed by atoms with van der Waals surface area (Å²) >= 11 is 0. The van der Waals surface area contributed by atoms with Gasteiger partial charge in [-0.05, 0) is 42.0 Å². The minimum Gasteiger partial charge on any atom is -0.382 e. The number of hydrogen-bond acceptors (Lipinski definition) is 7. The zero-order chi connectivity index (χ0) is 30.2. The summed E-state index contributed by atoms with van der Waals surface area (Å²) in [6.45, 7) is 2.34. The average molecular weight is 607 g/mol. The van der Waals surface area contributed by atoms with Crippen LogP contribution in [0.1, 0.15) is 11.3 Å². The molecule has 4 aromatic rings. The molecule has 11 nitrogen and oxygen atoms in total. The van der Waals surface area contributed by atoms with Gasteiger partial charge in [-0.15, -0.1) is 0 Å². The Kier molecular flexibility index (Phi) is 7.78. The molecule has 0 aliphatic carbocycles. The number of rotatable bonds is 6. The second-order valence-electron chi connectivity index (χ2n) is 9.74. The van der Waals surface area contributed by atoms with Crippen LogP contribution in [0.5, 0.6) is 0 Å². The van der Waals surface area contributed by atoms with Crippen molar-refractivity contribution in [3.8, 4) is 11.1 Å². The normalized spacial score (nSPS) is 15.2. The number of aromatic nitrogens is 3. The predicted octanol–water partition coefficient (Wildman–Crippen LogP) is 3.86. The van der Waals surface area contributed by atoms with E-state index < -0.39 is 39.3 Å². The van der Waals surface area contributed by atoms with Gasteiger partial charge in [0.05, 0.1) is 23.2 Å². The van der Waals surface area contributed by atoms with Gasteiger partial charge in [-0.25, -0.2) is 27.1 Å². The summed E-state index contributed by atoms with van der Waals surface area (Å²) in [5, 5.41) is 8.93. The van der Waals surface area contributed by atoms with Crippen molar-refractivity contribution in [3.05, 3.63) is 71.9 Å². The Morgan fingerprint density at radius 1 is 1.02 bits per heavy atom. The zero-order valence-electron chi connectivity index (χ0n) is 22.2. The van der Waals surface area contributed by atoms with Crippen molar-refractivity contribution in [2.75, 3.05) is 48.8 Å². The molecular formula is C26H26F4N8O3S. The van der Waals surface area contributed by atoms with Gasteiger partial charge in [-0.3, -0.25) is 4.90 Å². The summed E-state index contributed by atoms with van der Waals surface area (Å²) in [4.78, 5) is 18.6. The van der Waals surface area contributed by atoms with Crippen molar-refractivity contribution in [2.24, 2.45) is 0 Å². The number of nitrogens with one attached hydrogen (secondary N) is 2. The Labute approximate surface area is 238 Å². The molecule has 0 atom stereocenters. The first kappa shape index (κ1) is 29.2. The highest BCUT2D eigenvalue weighted by Gasteiger charge is 2.31. The quantitative estimate of drug-likeness (QED) is 0.284. The van der Waals surface area contributed by atoms with Gasteiger partial charge in [0.15, 0.2) is 5.82 Å². The van der Waals surface area contributed by atoms with E-state index in [9.17, 15) is 30.8 Å². The lowest BCUT2D eigenvalue weighted by Gasteiger charge is -2.32. The third-order valence-electron chi connectivity index (χ3n) is 6.84. The largest absolute Gasteiger partial charge is 0.416 e. The first-order chi connectivity index (χ1) is 19.8. The molecule has 1 aliphatic heterocycles. The summed E-state index contributed by atoms with van der Waals surface area (Å²) < 4.78 is 79.7. The van der Waals surface area contributed by atoms with Gasteiger partial charge >= 0.3 is 12.2 Å². The Morgan fingerprint density at radius 3 is 2.36 bits per heavy atom. The standard InChI is InChI=1S/C26H26F4N8O3S/c1-42(40,41)37-10-8-36(9-11-37)14-19-13-20(23-24(31)32-15-33-38(19)23)16-2-5-18(6-3-16)34-25(39)35-22-12-17(26(28,29)30)4-7-21(22)27/h2-7,12-13,15H,8-11,14H2,1H3,(H2,31,32,33)(H2,34,35,39). The van der Waals surface area contributed by atoms with Gasteiger partial charge in [0.25, 0.3) is 0 Å². The fraction of sp³-hybridized carbons (Fsp3) is 0.269. The van der Waals surface area contributed by atoms with Crippen LogP contribution < -0.4 is 16.4 Å². The number of anilines is 3. The molecule has 3 heterocycles. The maximum absolute atomic E-state index is 14.0. The number of nitrogen functional groups attached to an aromatic ring is 1. The summed E-state index contributed by atoms with van der Waals surface area (Å²) in [5.41, 5.74) is 7.62. The second-order valence-corrected chi connectivity index (χ2v) is 11.7. The highest BCUT2D eigenvalue weighted by Crippen LogP contribution is 2.33. The summed E-state index contributed by atoms with van der Waals surface area (Å²) in [5.74, 6) is -0.764. The van der Waals surface area contributed by atoms with E-state index in [0.29, 0.717) is 62.1 Å². The van der Waals surface area contributed by atoms with Gasteiger partial charge in [-0.1, -0.05) is 12.1 Å². The molecule has 42 heavy (non-hydrogen) atoms. The number of amides is 2. The third kappa shape index (κ3) is 6.29. The lowest BCUT2D eigenvalue weighted by molar-refractivity contribution is -0.137. The van der Waals surface area contributed by atoms with Gasteiger partial charge < -0.3 is 16.4 Å². The van der Waals surface area contributed by atoms with Crippen molar-refractivity contribution < 1.29 is 30.8 Å². The molecule has 2 aromatic heterocycles. The van der Waals surface area contributed by atoms with E-state index in [1.54, 1.807) is 28.8 Å². The third-order valence-corrected chi connectivity index (χ3v) is 8.14. The molecule has 0 spiro atoms. The van der Waals surface area contributed by atoms with Crippen LogP contribution in [0.15, 0.2) is 54.9 Å². The topological polar surface area (TPSA) is 138 Å². The van der Waals surface area contributed by atoms with Crippen molar-refractivity contribution in [2.45, 2.75) is 12.7 Å². The number of piperazine rings is 1. The fourth-order valence-electron chi connectivity index (χ4n) is 4.73. The van der Waals surface area contributed by atoms with E-state index in [1.807, 2.05) is 6.07 Å². The minimum atomic E-state index is -4.69. The number of nitrogens with two attached hydrogens (primary N) is 1.